The van der Waals surface area contributed by atoms with E-state index in [1.165, 1.54) is 12.8 Å². The van der Waals surface area contributed by atoms with Crippen LogP contribution in [-0.2, 0) is 6.54 Å². The lowest BCUT2D eigenvalue weighted by Gasteiger charge is -2.37. The molecule has 0 saturated carbocycles. The van der Waals surface area contributed by atoms with Gasteiger partial charge in [0.1, 0.15) is 0 Å². The molecule has 1 amide bonds. The number of hydrogen-bond acceptors (Lipinski definition) is 6. The van der Waals surface area contributed by atoms with Crippen LogP contribution in [0.4, 0.5) is 17.1 Å². The minimum absolute atomic E-state index is 0.187. The van der Waals surface area contributed by atoms with E-state index < -0.39 is 0 Å². The molecule has 242 valence electrons. The minimum atomic E-state index is -0.187. The summed E-state index contributed by atoms with van der Waals surface area (Å²) in [7, 11) is 0. The van der Waals surface area contributed by atoms with Crippen molar-refractivity contribution in [2.45, 2.75) is 33.2 Å². The van der Waals surface area contributed by atoms with E-state index in [2.05, 4.69) is 30.5 Å². The first-order chi connectivity index (χ1) is 22.8. The Balaban J connectivity index is 1.05. The fourth-order valence-electron chi connectivity index (χ4n) is 6.18. The molecule has 0 aliphatic carbocycles. The maximum absolute atomic E-state index is 13.1. The third kappa shape index (κ3) is 7.71. The van der Waals surface area contributed by atoms with E-state index >= 15 is 0 Å². The molecule has 3 aromatic carbocycles. The molecule has 10 nitrogen and oxygen atoms in total. The van der Waals surface area contributed by atoms with Crippen molar-refractivity contribution in [1.29, 1.82) is 5.26 Å². The quantitative estimate of drug-likeness (QED) is 0.128. The second-order valence-electron chi connectivity index (χ2n) is 11.9. The Morgan fingerprint density at radius 3 is 2.23 bits per heavy atom. The standard InChI is InChI=1S/C35H37Cl2N9O/c1-24-18-25(2)46(42-24)30-7-5-6-27(21-30)34(47)40-28-8-10-29(11-9-28)44-14-16-45(17-15-44)35(39-23-38)41-33-31(36)19-26(20-32(33)37)22-43-12-3-4-13-43/h5-11,18-21H,3-4,12-17,22H2,1-2H3,(H,39,41)(H,40,47). The van der Waals surface area contributed by atoms with Crippen molar-refractivity contribution in [3.63, 3.8) is 0 Å². The number of aryl methyl sites for hydroxylation is 2. The SMILES string of the molecule is Cc1cc(C)n(-c2cccc(C(=O)Nc3ccc(N4CCN(/C(=N\C#N)Nc5c(Cl)cc(CN6CCCC6)cc5Cl)CC4)cc3)c2)n1. The highest BCUT2D eigenvalue weighted by Gasteiger charge is 2.23. The Hall–Kier alpha value is -4.56. The van der Waals surface area contributed by atoms with Crippen LogP contribution in [0, 0.1) is 25.3 Å². The van der Waals surface area contributed by atoms with Crippen molar-refractivity contribution < 1.29 is 4.79 Å². The second-order valence-corrected chi connectivity index (χ2v) is 12.8. The molecule has 6 rings (SSSR count). The van der Waals surface area contributed by atoms with Gasteiger partial charge in [0.05, 0.1) is 27.1 Å². The summed E-state index contributed by atoms with van der Waals surface area (Å²) >= 11 is 13.3. The smallest absolute Gasteiger partial charge is 0.255 e. The molecule has 0 bridgehead atoms. The molecule has 4 aromatic rings. The highest BCUT2D eigenvalue weighted by Crippen LogP contribution is 2.33. The molecular formula is C35H37Cl2N9O. The first kappa shape index (κ1) is 32.4. The molecule has 0 spiro atoms. The van der Waals surface area contributed by atoms with Crippen LogP contribution in [0.2, 0.25) is 10.0 Å². The van der Waals surface area contributed by atoms with Crippen LogP contribution in [0.3, 0.4) is 0 Å². The minimum Gasteiger partial charge on any atom is -0.368 e. The number of guanidine groups is 1. The van der Waals surface area contributed by atoms with Crippen LogP contribution in [0.15, 0.2) is 71.7 Å². The zero-order valence-electron chi connectivity index (χ0n) is 26.5. The topological polar surface area (TPSA) is 105 Å². The van der Waals surface area contributed by atoms with Gasteiger partial charge < -0.3 is 20.4 Å². The fraction of sp³-hybridized carbons (Fsp3) is 0.314. The molecule has 2 N–H and O–H groups in total. The lowest BCUT2D eigenvalue weighted by atomic mass is 10.1. The van der Waals surface area contributed by atoms with Crippen molar-refractivity contribution >= 4 is 52.1 Å². The lowest BCUT2D eigenvalue weighted by molar-refractivity contribution is 0.102. The van der Waals surface area contributed by atoms with Crippen LogP contribution in [0.5, 0.6) is 0 Å². The number of hydrogen-bond donors (Lipinski definition) is 2. The summed E-state index contributed by atoms with van der Waals surface area (Å²) in [6, 6.07) is 21.1. The predicted molar refractivity (Wildman–Crippen MR) is 189 cm³/mol. The third-order valence-electron chi connectivity index (χ3n) is 8.53. The lowest BCUT2D eigenvalue weighted by Crippen LogP contribution is -2.50. The molecule has 2 aliphatic rings. The fourth-order valence-corrected chi connectivity index (χ4v) is 6.80. The van der Waals surface area contributed by atoms with Gasteiger partial charge >= 0.3 is 0 Å². The van der Waals surface area contributed by atoms with Crippen LogP contribution in [0.25, 0.3) is 5.69 Å². The molecule has 0 unspecified atom stereocenters. The van der Waals surface area contributed by atoms with Crippen LogP contribution in [-0.4, -0.2) is 70.7 Å². The summed E-state index contributed by atoms with van der Waals surface area (Å²) in [5.41, 5.74) is 6.69. The number of nitrogens with zero attached hydrogens (tertiary/aromatic N) is 7. The Labute approximate surface area is 285 Å². The van der Waals surface area contributed by atoms with Crippen molar-refractivity contribution in [1.82, 2.24) is 19.6 Å². The van der Waals surface area contributed by atoms with Gasteiger partial charge in [0.25, 0.3) is 5.91 Å². The number of nitrogens with one attached hydrogen (secondary N) is 2. The van der Waals surface area contributed by atoms with Gasteiger partial charge in [-0.2, -0.15) is 10.4 Å². The number of nitriles is 1. The summed E-state index contributed by atoms with van der Waals surface area (Å²) in [6.07, 6.45) is 4.35. The number of benzene rings is 3. The zero-order valence-corrected chi connectivity index (χ0v) is 28.0. The number of aliphatic imine (C=N–C) groups is 1. The van der Waals surface area contributed by atoms with Crippen molar-refractivity contribution in [2.75, 3.05) is 54.8 Å². The molecule has 12 heteroatoms. The number of piperazine rings is 1. The number of halogens is 2. The van der Waals surface area contributed by atoms with Crippen LogP contribution in [0.1, 0.15) is 40.2 Å². The van der Waals surface area contributed by atoms with Gasteiger partial charge in [0.2, 0.25) is 12.2 Å². The highest BCUT2D eigenvalue weighted by atomic mass is 35.5. The molecule has 2 aliphatic heterocycles. The Morgan fingerprint density at radius 2 is 1.60 bits per heavy atom. The van der Waals surface area contributed by atoms with E-state index in [9.17, 15) is 10.1 Å². The van der Waals surface area contributed by atoms with E-state index in [4.69, 9.17) is 23.2 Å². The Bertz CT molecular complexity index is 1790. The van der Waals surface area contributed by atoms with Crippen molar-refractivity contribution in [2.24, 2.45) is 4.99 Å². The van der Waals surface area contributed by atoms with Gasteiger partial charge in [-0.3, -0.25) is 9.69 Å². The van der Waals surface area contributed by atoms with E-state index in [1.54, 1.807) is 6.07 Å². The first-order valence-corrected chi connectivity index (χ1v) is 16.5. The van der Waals surface area contributed by atoms with E-state index in [0.717, 1.165) is 48.0 Å². The number of likely N-dealkylation sites (tertiary alicyclic amines) is 1. The number of amides is 1. The predicted octanol–water partition coefficient (Wildman–Crippen LogP) is 6.72. The molecule has 0 radical (unpaired) electrons. The number of aromatic nitrogens is 2. The summed E-state index contributed by atoms with van der Waals surface area (Å²) in [6.45, 7) is 9.64. The van der Waals surface area contributed by atoms with E-state index in [1.807, 2.05) is 90.3 Å². The van der Waals surface area contributed by atoms with Gasteiger partial charge in [0.15, 0.2) is 0 Å². The van der Waals surface area contributed by atoms with Gasteiger partial charge in [-0.05, 0) is 106 Å². The molecule has 2 saturated heterocycles. The highest BCUT2D eigenvalue weighted by molar-refractivity contribution is 6.40. The Kier molecular flexibility index (Phi) is 9.97. The summed E-state index contributed by atoms with van der Waals surface area (Å²) < 4.78 is 1.84. The first-order valence-electron chi connectivity index (χ1n) is 15.8. The van der Waals surface area contributed by atoms with Crippen LogP contribution < -0.4 is 15.5 Å². The number of carbonyl (C=O) groups excluding carboxylic acids is 1. The average Bonchev–Trinajstić information content (AvgIpc) is 3.71. The van der Waals surface area contributed by atoms with E-state index in [-0.39, 0.29) is 5.91 Å². The molecule has 3 heterocycles. The normalized spacial score (nSPS) is 15.5. The maximum atomic E-state index is 13.1. The van der Waals surface area contributed by atoms with Crippen molar-refractivity contribution in [3.05, 3.63) is 99.3 Å². The third-order valence-corrected chi connectivity index (χ3v) is 9.13. The molecule has 0 atom stereocenters. The van der Waals surface area contributed by atoms with Gasteiger partial charge in [-0.15, -0.1) is 4.99 Å². The van der Waals surface area contributed by atoms with Gasteiger partial charge in [-0.1, -0.05) is 29.3 Å². The monoisotopic (exact) mass is 669 g/mol. The summed E-state index contributed by atoms with van der Waals surface area (Å²) in [5.74, 6) is 0.233. The number of carbonyl (C=O) groups is 1. The molecular weight excluding hydrogens is 633 g/mol. The Morgan fingerprint density at radius 1 is 0.894 bits per heavy atom. The van der Waals surface area contributed by atoms with Gasteiger partial charge in [-0.25, -0.2) is 4.68 Å². The van der Waals surface area contributed by atoms with Crippen molar-refractivity contribution in [3.8, 4) is 11.9 Å². The molecule has 47 heavy (non-hydrogen) atoms. The number of anilines is 3. The zero-order chi connectivity index (χ0) is 32.9. The van der Waals surface area contributed by atoms with Gasteiger partial charge in [0, 0.05) is 55.4 Å². The maximum Gasteiger partial charge on any atom is 0.255 e. The van der Waals surface area contributed by atoms with Crippen LogP contribution >= 0.6 is 23.2 Å². The molecule has 2 fully saturated rings. The average molecular weight is 671 g/mol. The second kappa shape index (κ2) is 14.5. The molecule has 1 aromatic heterocycles. The summed E-state index contributed by atoms with van der Waals surface area (Å²) in [4.78, 5) is 23.8. The summed E-state index contributed by atoms with van der Waals surface area (Å²) in [5, 5.41) is 21.2. The number of rotatable bonds is 7. The van der Waals surface area contributed by atoms with E-state index in [0.29, 0.717) is 59.1 Å². The largest absolute Gasteiger partial charge is 0.368 e.